The van der Waals surface area contributed by atoms with E-state index < -0.39 is 5.60 Å². The number of carbonyl (C=O) groups is 2. The molecule has 4 nitrogen and oxygen atoms in total. The zero-order valence-electron chi connectivity index (χ0n) is 19.1. The molecular weight excluding hydrogens is 444 g/mol. The highest BCUT2D eigenvalue weighted by molar-refractivity contribution is 9.10. The predicted octanol–water partition coefficient (Wildman–Crippen LogP) is 5.70. The van der Waals surface area contributed by atoms with E-state index in [0.717, 1.165) is 44.9 Å². The summed E-state index contributed by atoms with van der Waals surface area (Å²) in [5.74, 6) is 2.55. The number of Topliss-reactive ketones (excluding diaryl/α,β-unsaturated/α-hetero) is 1. The van der Waals surface area contributed by atoms with Gasteiger partial charge in [0.1, 0.15) is 5.60 Å². The summed E-state index contributed by atoms with van der Waals surface area (Å²) in [6.07, 6.45) is 10.4. The molecule has 2 bridgehead atoms. The summed E-state index contributed by atoms with van der Waals surface area (Å²) in [5, 5.41) is 0. The van der Waals surface area contributed by atoms with Gasteiger partial charge in [0.05, 0.1) is 18.0 Å². The van der Waals surface area contributed by atoms with E-state index >= 15 is 0 Å². The molecule has 30 heavy (non-hydrogen) atoms. The Morgan fingerprint density at radius 2 is 1.97 bits per heavy atom. The van der Waals surface area contributed by atoms with Crippen LogP contribution in [0.15, 0.2) is 0 Å². The van der Waals surface area contributed by atoms with Gasteiger partial charge >= 0.3 is 5.97 Å². The number of ketones is 1. The second-order valence-corrected chi connectivity index (χ2v) is 11.9. The Bertz CT molecular complexity index is 680. The SMILES string of the molecule is COC(=O)CC[C@@H](C)[C@@H]1CC[C@@H]2[C@@H]3CC[C@H](C)C[C@H]4CCC[C@@]3(O4)C(=O)[C@H](Br)[C@@]21C. The third kappa shape index (κ3) is 3.50. The summed E-state index contributed by atoms with van der Waals surface area (Å²) in [4.78, 5) is 25.6. The number of hydrogen-bond donors (Lipinski definition) is 0. The van der Waals surface area contributed by atoms with Crippen molar-refractivity contribution in [2.45, 2.75) is 102 Å². The first kappa shape index (κ1) is 22.8. The van der Waals surface area contributed by atoms with Crippen molar-refractivity contribution in [2.75, 3.05) is 7.11 Å². The van der Waals surface area contributed by atoms with Crippen LogP contribution in [0.5, 0.6) is 0 Å². The van der Waals surface area contributed by atoms with Crippen molar-refractivity contribution in [3.63, 3.8) is 0 Å². The van der Waals surface area contributed by atoms with Gasteiger partial charge in [-0.3, -0.25) is 9.59 Å². The Hall–Kier alpha value is -0.420. The van der Waals surface area contributed by atoms with Gasteiger partial charge in [0.2, 0.25) is 0 Å². The van der Waals surface area contributed by atoms with Crippen molar-refractivity contribution < 1.29 is 19.1 Å². The van der Waals surface area contributed by atoms with Crippen LogP contribution in [-0.2, 0) is 19.1 Å². The summed E-state index contributed by atoms with van der Waals surface area (Å²) in [6, 6.07) is 0. The lowest BCUT2D eigenvalue weighted by Crippen LogP contribution is -2.67. The molecule has 4 fully saturated rings. The van der Waals surface area contributed by atoms with Gasteiger partial charge in [-0.05, 0) is 86.4 Å². The van der Waals surface area contributed by atoms with Crippen molar-refractivity contribution in [1.82, 2.24) is 0 Å². The van der Waals surface area contributed by atoms with Gasteiger partial charge in [-0.2, -0.15) is 0 Å². The summed E-state index contributed by atoms with van der Waals surface area (Å²) < 4.78 is 11.6. The van der Waals surface area contributed by atoms with Crippen LogP contribution in [0.3, 0.4) is 0 Å². The second-order valence-electron chi connectivity index (χ2n) is 11.0. The molecule has 9 atom stereocenters. The molecule has 0 N–H and O–H groups in total. The van der Waals surface area contributed by atoms with E-state index in [4.69, 9.17) is 9.47 Å². The molecule has 5 heteroatoms. The van der Waals surface area contributed by atoms with Gasteiger partial charge in [0, 0.05) is 6.42 Å². The maximum atomic E-state index is 14.0. The molecule has 2 aliphatic carbocycles. The standard InChI is InChI=1S/C25H39BrO4/c1-15-7-9-20-19-11-10-18(16(2)8-12-21(27)29-4)24(19,3)22(26)23(28)25(20)13-5-6-17(14-15)30-25/h15-20,22H,5-14H2,1-4H3/t15-,16+,17+,18-,19+,20-,22-,24+,25-/m0/s1. The van der Waals surface area contributed by atoms with E-state index in [1.165, 1.54) is 20.0 Å². The second kappa shape index (κ2) is 8.50. The average Bonchev–Trinajstić information content (AvgIpc) is 3.08. The average molecular weight is 483 g/mol. The minimum atomic E-state index is -0.564. The van der Waals surface area contributed by atoms with Crippen molar-refractivity contribution in [3.8, 4) is 0 Å². The molecule has 170 valence electrons. The number of carbonyl (C=O) groups excluding carboxylic acids is 2. The molecule has 2 aliphatic heterocycles. The van der Waals surface area contributed by atoms with Crippen LogP contribution in [0.2, 0.25) is 0 Å². The summed E-state index contributed by atoms with van der Waals surface area (Å²) >= 11 is 3.94. The first-order valence-electron chi connectivity index (χ1n) is 12.2. The fourth-order valence-corrected chi connectivity index (χ4v) is 8.98. The molecule has 0 aromatic rings. The first-order valence-corrected chi connectivity index (χ1v) is 13.1. The zero-order chi connectivity index (χ0) is 21.7. The Morgan fingerprint density at radius 3 is 2.70 bits per heavy atom. The fourth-order valence-electron chi connectivity index (χ4n) is 7.91. The minimum Gasteiger partial charge on any atom is -0.469 e. The van der Waals surface area contributed by atoms with Crippen LogP contribution >= 0.6 is 15.9 Å². The van der Waals surface area contributed by atoms with Crippen LogP contribution in [0, 0.1) is 35.0 Å². The number of esters is 1. The molecule has 0 aromatic heterocycles. The smallest absolute Gasteiger partial charge is 0.305 e. The van der Waals surface area contributed by atoms with Crippen LogP contribution in [0.1, 0.15) is 85.0 Å². The van der Waals surface area contributed by atoms with Crippen LogP contribution < -0.4 is 0 Å². The van der Waals surface area contributed by atoms with Crippen LogP contribution in [0.4, 0.5) is 0 Å². The molecule has 0 amide bonds. The van der Waals surface area contributed by atoms with Crippen molar-refractivity contribution in [3.05, 3.63) is 0 Å². The quantitative estimate of drug-likeness (QED) is 0.380. The minimum absolute atomic E-state index is 0.0682. The Balaban J connectivity index is 1.64. The molecule has 4 aliphatic rings. The predicted molar refractivity (Wildman–Crippen MR) is 120 cm³/mol. The largest absolute Gasteiger partial charge is 0.469 e. The van der Waals surface area contributed by atoms with Gasteiger partial charge in [0.25, 0.3) is 0 Å². The molecule has 4 rings (SSSR count). The Kier molecular flexibility index (Phi) is 6.45. The lowest BCUT2D eigenvalue weighted by Gasteiger charge is -2.59. The van der Waals surface area contributed by atoms with Crippen LogP contribution in [-0.4, -0.2) is 35.4 Å². The molecule has 2 saturated heterocycles. The lowest BCUT2D eigenvalue weighted by molar-refractivity contribution is -0.211. The fraction of sp³-hybridized carbons (Fsp3) is 0.920. The highest BCUT2D eigenvalue weighted by atomic mass is 79.9. The molecule has 0 radical (unpaired) electrons. The monoisotopic (exact) mass is 482 g/mol. The molecule has 0 unspecified atom stereocenters. The molecule has 2 saturated carbocycles. The van der Waals surface area contributed by atoms with Crippen molar-refractivity contribution >= 4 is 27.7 Å². The molecule has 2 heterocycles. The van der Waals surface area contributed by atoms with E-state index in [0.29, 0.717) is 41.8 Å². The van der Waals surface area contributed by atoms with Gasteiger partial charge in [-0.25, -0.2) is 0 Å². The lowest BCUT2D eigenvalue weighted by atomic mass is 9.52. The van der Waals surface area contributed by atoms with Gasteiger partial charge < -0.3 is 9.47 Å². The number of halogens is 1. The number of ether oxygens (including phenoxy) is 2. The van der Waals surface area contributed by atoms with Gasteiger partial charge in [-0.15, -0.1) is 0 Å². The molecule has 0 aromatic carbocycles. The topological polar surface area (TPSA) is 52.6 Å². The van der Waals surface area contributed by atoms with Crippen molar-refractivity contribution in [1.29, 1.82) is 0 Å². The number of alkyl halides is 1. The van der Waals surface area contributed by atoms with E-state index in [-0.39, 0.29) is 22.3 Å². The van der Waals surface area contributed by atoms with Gasteiger partial charge in [-0.1, -0.05) is 43.1 Å². The van der Waals surface area contributed by atoms with Crippen LogP contribution in [0.25, 0.3) is 0 Å². The van der Waals surface area contributed by atoms with Gasteiger partial charge in [0.15, 0.2) is 5.78 Å². The summed E-state index contributed by atoms with van der Waals surface area (Å²) in [7, 11) is 1.46. The molecule has 1 spiro atoms. The number of hydrogen-bond acceptors (Lipinski definition) is 4. The highest BCUT2D eigenvalue weighted by Crippen LogP contribution is 2.65. The molecular formula is C25H39BrO4. The van der Waals surface area contributed by atoms with Crippen molar-refractivity contribution in [2.24, 2.45) is 35.0 Å². The number of fused-ring (bicyclic) bond motifs is 3. The Morgan fingerprint density at radius 1 is 1.23 bits per heavy atom. The first-order chi connectivity index (χ1) is 14.2. The maximum absolute atomic E-state index is 14.0. The van der Waals surface area contributed by atoms with E-state index in [1.54, 1.807) is 0 Å². The zero-order valence-corrected chi connectivity index (χ0v) is 20.7. The highest BCUT2D eigenvalue weighted by Gasteiger charge is 2.68. The van der Waals surface area contributed by atoms with E-state index in [9.17, 15) is 9.59 Å². The third-order valence-corrected chi connectivity index (χ3v) is 10.9. The number of methoxy groups -OCH3 is 1. The normalized spacial score (nSPS) is 46.9. The van der Waals surface area contributed by atoms with E-state index in [2.05, 4.69) is 36.7 Å². The third-order valence-electron chi connectivity index (χ3n) is 9.47. The summed E-state index contributed by atoms with van der Waals surface area (Å²) in [5.41, 5.74) is -0.632. The summed E-state index contributed by atoms with van der Waals surface area (Å²) in [6.45, 7) is 6.98. The maximum Gasteiger partial charge on any atom is 0.305 e. The van der Waals surface area contributed by atoms with E-state index in [1.807, 2.05) is 0 Å². The number of rotatable bonds is 4. The Labute approximate surface area is 190 Å².